The third-order valence-electron chi connectivity index (χ3n) is 5.19. The summed E-state index contributed by atoms with van der Waals surface area (Å²) in [6.45, 7) is 6.59. The zero-order valence-electron chi connectivity index (χ0n) is 12.5. The molecule has 0 aromatic carbocycles. The summed E-state index contributed by atoms with van der Waals surface area (Å²) in [6, 6.07) is 0.363. The molecule has 0 radical (unpaired) electrons. The number of carbonyl (C=O) groups is 1. The van der Waals surface area contributed by atoms with E-state index in [9.17, 15) is 4.79 Å². The smallest absolute Gasteiger partial charge is 0.410 e. The van der Waals surface area contributed by atoms with Crippen molar-refractivity contribution in [3.63, 3.8) is 0 Å². The SMILES string of the molecule is COC1(C23CCC(C2)N(C(=O)OC(C)(C)C)C3)CC1. The Bertz CT molecular complexity index is 397. The molecule has 1 aliphatic heterocycles. The molecule has 0 aromatic heterocycles. The Kier molecular flexibility index (Phi) is 2.70. The maximum Gasteiger partial charge on any atom is 0.410 e. The minimum Gasteiger partial charge on any atom is -0.444 e. The summed E-state index contributed by atoms with van der Waals surface area (Å²) in [6.07, 6.45) is 5.55. The Morgan fingerprint density at radius 2 is 1.95 bits per heavy atom. The number of ether oxygens (including phenoxy) is 2. The van der Waals surface area contributed by atoms with Crippen LogP contribution in [0.15, 0.2) is 0 Å². The number of amides is 1. The van der Waals surface area contributed by atoms with Crippen LogP contribution in [0.3, 0.4) is 0 Å². The van der Waals surface area contributed by atoms with Crippen LogP contribution >= 0.6 is 0 Å². The molecule has 3 fully saturated rings. The van der Waals surface area contributed by atoms with Crippen molar-refractivity contribution in [1.82, 2.24) is 4.90 Å². The van der Waals surface area contributed by atoms with E-state index in [2.05, 4.69) is 0 Å². The van der Waals surface area contributed by atoms with E-state index in [1.54, 1.807) is 0 Å². The number of piperidine rings is 1. The molecule has 1 heterocycles. The molecule has 2 unspecified atom stereocenters. The topological polar surface area (TPSA) is 38.8 Å². The second-order valence-electron chi connectivity index (χ2n) is 7.48. The normalized spacial score (nSPS) is 35.6. The monoisotopic (exact) mass is 267 g/mol. The molecule has 19 heavy (non-hydrogen) atoms. The quantitative estimate of drug-likeness (QED) is 0.772. The summed E-state index contributed by atoms with van der Waals surface area (Å²) >= 11 is 0. The van der Waals surface area contributed by atoms with E-state index in [0.717, 1.165) is 32.2 Å². The van der Waals surface area contributed by atoms with Gasteiger partial charge in [-0.3, -0.25) is 0 Å². The van der Waals surface area contributed by atoms with Gasteiger partial charge in [-0.05, 0) is 52.9 Å². The van der Waals surface area contributed by atoms with Crippen molar-refractivity contribution in [3.8, 4) is 0 Å². The van der Waals surface area contributed by atoms with E-state index in [-0.39, 0.29) is 17.1 Å². The standard InChI is InChI=1S/C15H25NO3/c1-13(2,3)19-12(17)16-10-14(6-5-11(16)9-14)15(18-4)7-8-15/h11H,5-10H2,1-4H3. The Balaban J connectivity index is 1.73. The molecular formula is C15H25NO3. The van der Waals surface area contributed by atoms with E-state index in [0.29, 0.717) is 6.04 Å². The lowest BCUT2D eigenvalue weighted by Crippen LogP contribution is -2.47. The Morgan fingerprint density at radius 1 is 1.26 bits per heavy atom. The molecule has 108 valence electrons. The van der Waals surface area contributed by atoms with Gasteiger partial charge in [-0.25, -0.2) is 4.79 Å². The largest absolute Gasteiger partial charge is 0.444 e. The van der Waals surface area contributed by atoms with Gasteiger partial charge < -0.3 is 14.4 Å². The highest BCUT2D eigenvalue weighted by molar-refractivity contribution is 5.69. The highest BCUT2D eigenvalue weighted by atomic mass is 16.6. The highest BCUT2D eigenvalue weighted by Crippen LogP contribution is 2.64. The minimum atomic E-state index is -0.412. The van der Waals surface area contributed by atoms with Crippen LogP contribution in [0.25, 0.3) is 0 Å². The summed E-state index contributed by atoms with van der Waals surface area (Å²) in [7, 11) is 1.82. The first-order chi connectivity index (χ1) is 8.81. The second-order valence-corrected chi connectivity index (χ2v) is 7.48. The highest BCUT2D eigenvalue weighted by Gasteiger charge is 2.67. The number of carbonyl (C=O) groups excluding carboxylic acids is 1. The van der Waals surface area contributed by atoms with Gasteiger partial charge in [0.25, 0.3) is 0 Å². The fourth-order valence-electron chi connectivity index (χ4n) is 4.12. The summed E-state index contributed by atoms with van der Waals surface area (Å²) in [4.78, 5) is 14.2. The summed E-state index contributed by atoms with van der Waals surface area (Å²) in [5, 5.41) is 0. The predicted molar refractivity (Wildman–Crippen MR) is 72.0 cm³/mol. The summed E-state index contributed by atoms with van der Waals surface area (Å²) in [5.41, 5.74) is -0.160. The van der Waals surface area contributed by atoms with Crippen LogP contribution in [-0.4, -0.2) is 41.9 Å². The van der Waals surface area contributed by atoms with Gasteiger partial charge in [0.2, 0.25) is 0 Å². The maximum absolute atomic E-state index is 12.3. The van der Waals surface area contributed by atoms with Crippen LogP contribution in [0.2, 0.25) is 0 Å². The van der Waals surface area contributed by atoms with Crippen LogP contribution in [0, 0.1) is 5.41 Å². The molecule has 2 bridgehead atoms. The van der Waals surface area contributed by atoms with Gasteiger partial charge >= 0.3 is 6.09 Å². The molecule has 0 N–H and O–H groups in total. The molecule has 2 atom stereocenters. The number of rotatable bonds is 2. The van der Waals surface area contributed by atoms with Gasteiger partial charge in [0.1, 0.15) is 5.60 Å². The van der Waals surface area contributed by atoms with Gasteiger partial charge in [0.15, 0.2) is 0 Å². The molecule has 1 amide bonds. The molecule has 4 nitrogen and oxygen atoms in total. The van der Waals surface area contributed by atoms with Crippen LogP contribution in [0.4, 0.5) is 4.79 Å². The first-order valence-electron chi connectivity index (χ1n) is 7.36. The van der Waals surface area contributed by atoms with Crippen LogP contribution in [-0.2, 0) is 9.47 Å². The molecule has 0 aromatic rings. The average molecular weight is 267 g/mol. The molecule has 3 rings (SSSR count). The van der Waals surface area contributed by atoms with Crippen molar-refractivity contribution in [3.05, 3.63) is 0 Å². The molecule has 0 spiro atoms. The number of nitrogens with zero attached hydrogens (tertiary/aromatic N) is 1. The number of fused-ring (bicyclic) bond motifs is 2. The molecule has 2 saturated carbocycles. The van der Waals surface area contributed by atoms with Crippen molar-refractivity contribution < 1.29 is 14.3 Å². The second kappa shape index (κ2) is 3.87. The zero-order chi connectivity index (χ0) is 13.9. The van der Waals surface area contributed by atoms with Gasteiger partial charge in [-0.15, -0.1) is 0 Å². The van der Waals surface area contributed by atoms with Gasteiger partial charge in [0, 0.05) is 25.1 Å². The third kappa shape index (κ3) is 1.95. The van der Waals surface area contributed by atoms with Crippen LogP contribution in [0.1, 0.15) is 52.9 Å². The Morgan fingerprint density at radius 3 is 2.47 bits per heavy atom. The minimum absolute atomic E-state index is 0.0541. The van der Waals surface area contributed by atoms with E-state index < -0.39 is 5.60 Å². The van der Waals surface area contributed by atoms with E-state index in [4.69, 9.17) is 9.47 Å². The first-order valence-corrected chi connectivity index (χ1v) is 7.36. The summed E-state index contributed by atoms with van der Waals surface area (Å²) in [5.74, 6) is 0. The first kappa shape index (κ1) is 13.2. The van der Waals surface area contributed by atoms with Crippen molar-refractivity contribution in [1.29, 1.82) is 0 Å². The van der Waals surface area contributed by atoms with Gasteiger partial charge in [-0.2, -0.15) is 0 Å². The average Bonchev–Trinajstić information content (AvgIpc) is 2.89. The number of methoxy groups -OCH3 is 1. The van der Waals surface area contributed by atoms with Crippen LogP contribution < -0.4 is 0 Å². The lowest BCUT2D eigenvalue weighted by atomic mass is 9.79. The van der Waals surface area contributed by atoms with Crippen molar-refractivity contribution >= 4 is 6.09 Å². The molecule has 3 aliphatic rings. The van der Waals surface area contributed by atoms with E-state index >= 15 is 0 Å². The number of hydrogen-bond donors (Lipinski definition) is 0. The lowest BCUT2D eigenvalue weighted by Gasteiger charge is -2.38. The van der Waals surface area contributed by atoms with Crippen molar-refractivity contribution in [2.24, 2.45) is 5.41 Å². The maximum atomic E-state index is 12.3. The molecule has 1 saturated heterocycles. The number of likely N-dealkylation sites (tertiary alicyclic amines) is 1. The van der Waals surface area contributed by atoms with E-state index in [1.165, 1.54) is 6.42 Å². The Labute approximate surface area is 115 Å². The van der Waals surface area contributed by atoms with Gasteiger partial charge in [0.05, 0.1) is 5.60 Å². The zero-order valence-corrected chi connectivity index (χ0v) is 12.5. The fraction of sp³-hybridized carbons (Fsp3) is 0.933. The predicted octanol–water partition coefficient (Wildman–Crippen LogP) is 2.96. The Hall–Kier alpha value is -0.770. The van der Waals surface area contributed by atoms with E-state index in [1.807, 2.05) is 32.8 Å². The fourth-order valence-corrected chi connectivity index (χ4v) is 4.12. The summed E-state index contributed by atoms with van der Waals surface area (Å²) < 4.78 is 11.3. The molecule has 2 aliphatic carbocycles. The molecule has 4 heteroatoms. The van der Waals surface area contributed by atoms with Crippen molar-refractivity contribution in [2.45, 2.75) is 70.1 Å². The number of hydrogen-bond acceptors (Lipinski definition) is 3. The van der Waals surface area contributed by atoms with Crippen LogP contribution in [0.5, 0.6) is 0 Å². The van der Waals surface area contributed by atoms with Gasteiger partial charge in [-0.1, -0.05) is 0 Å². The van der Waals surface area contributed by atoms with Crippen molar-refractivity contribution in [2.75, 3.05) is 13.7 Å². The lowest BCUT2D eigenvalue weighted by molar-refractivity contribution is -0.0397. The third-order valence-corrected chi connectivity index (χ3v) is 5.19. The molecular weight excluding hydrogens is 242 g/mol.